The summed E-state index contributed by atoms with van der Waals surface area (Å²) in [5, 5.41) is 12.3. The molecule has 3 aromatic rings. The lowest BCUT2D eigenvalue weighted by Crippen LogP contribution is -2.43. The summed E-state index contributed by atoms with van der Waals surface area (Å²) in [5.74, 6) is 0.668. The van der Waals surface area contributed by atoms with Gasteiger partial charge in [-0.1, -0.05) is 23.5 Å². The van der Waals surface area contributed by atoms with Crippen LogP contribution in [-0.2, 0) is 21.4 Å². The lowest BCUT2D eigenvalue weighted by molar-refractivity contribution is -0.119. The number of nitrogens with one attached hydrogen (secondary N) is 1. The Morgan fingerprint density at radius 2 is 1.91 bits per heavy atom. The lowest BCUT2D eigenvalue weighted by atomic mass is 10.2. The molecule has 9 nitrogen and oxygen atoms in total. The number of methoxy groups -OCH3 is 2. The van der Waals surface area contributed by atoms with Crippen LogP contribution in [0.4, 0.5) is 5.13 Å². The van der Waals surface area contributed by atoms with E-state index >= 15 is 0 Å². The quantitative estimate of drug-likeness (QED) is 0.537. The number of amides is 1. The number of hydrogen-bond donors (Lipinski definition) is 2. The van der Waals surface area contributed by atoms with Gasteiger partial charge < -0.3 is 19.9 Å². The first-order valence-corrected chi connectivity index (χ1v) is 12.2. The Morgan fingerprint density at radius 3 is 2.56 bits per heavy atom. The molecule has 1 atom stereocenters. The van der Waals surface area contributed by atoms with Crippen LogP contribution in [0.2, 0.25) is 0 Å². The van der Waals surface area contributed by atoms with Gasteiger partial charge in [0.15, 0.2) is 16.6 Å². The number of thiazole rings is 1. The van der Waals surface area contributed by atoms with Gasteiger partial charge in [-0.05, 0) is 30.5 Å². The van der Waals surface area contributed by atoms with Gasteiger partial charge >= 0.3 is 0 Å². The van der Waals surface area contributed by atoms with Crippen LogP contribution in [0.15, 0.2) is 41.3 Å². The van der Waals surface area contributed by atoms with Crippen molar-refractivity contribution >= 4 is 42.6 Å². The van der Waals surface area contributed by atoms with Crippen molar-refractivity contribution in [2.24, 2.45) is 0 Å². The van der Waals surface area contributed by atoms with Crippen LogP contribution in [-0.4, -0.2) is 55.5 Å². The molecule has 1 amide bonds. The molecule has 32 heavy (non-hydrogen) atoms. The summed E-state index contributed by atoms with van der Waals surface area (Å²) in [6.07, 6.45) is 1.01. The van der Waals surface area contributed by atoms with Crippen LogP contribution in [0.25, 0.3) is 10.2 Å². The molecule has 0 saturated carbocycles. The predicted molar refractivity (Wildman–Crippen MR) is 121 cm³/mol. The number of carbonyl (C=O) groups is 1. The number of aliphatic hydroxyl groups excluding tert-OH is 1. The molecule has 0 bridgehead atoms. The highest BCUT2D eigenvalue weighted by atomic mass is 32.2. The molecule has 1 aromatic heterocycles. The average Bonchev–Trinajstić information content (AvgIpc) is 3.45. The summed E-state index contributed by atoms with van der Waals surface area (Å²) in [7, 11) is -0.778. The number of benzene rings is 2. The number of sulfonamides is 1. The van der Waals surface area contributed by atoms with Gasteiger partial charge in [-0.25, -0.2) is 13.4 Å². The monoisotopic (exact) mass is 477 g/mol. The van der Waals surface area contributed by atoms with Gasteiger partial charge in [-0.15, -0.1) is 0 Å². The van der Waals surface area contributed by atoms with E-state index in [2.05, 4.69) is 10.3 Å². The zero-order valence-electron chi connectivity index (χ0n) is 17.6. The number of anilines is 1. The second-order valence-corrected chi connectivity index (χ2v) is 10.2. The second-order valence-electron chi connectivity index (χ2n) is 7.26. The van der Waals surface area contributed by atoms with Crippen LogP contribution in [0.3, 0.4) is 0 Å². The highest BCUT2D eigenvalue weighted by molar-refractivity contribution is 7.89. The molecule has 2 aromatic carbocycles. The Balaban J connectivity index is 1.56. The van der Waals surface area contributed by atoms with E-state index in [0.717, 1.165) is 4.70 Å². The molecule has 0 unspecified atom stereocenters. The number of aliphatic hydroxyl groups is 1. The summed E-state index contributed by atoms with van der Waals surface area (Å²) in [6, 6.07) is 8.69. The van der Waals surface area contributed by atoms with E-state index in [9.17, 15) is 18.3 Å². The third-order valence-electron chi connectivity index (χ3n) is 5.34. The number of fused-ring (bicyclic) bond motifs is 1. The normalized spacial score (nSPS) is 16.9. The molecule has 0 spiro atoms. The van der Waals surface area contributed by atoms with Crippen molar-refractivity contribution in [3.8, 4) is 11.5 Å². The first-order chi connectivity index (χ1) is 15.4. The minimum atomic E-state index is -3.85. The number of carbonyl (C=O) groups excluding carboxylic acids is 1. The molecule has 0 aliphatic carbocycles. The number of hydrogen-bond acceptors (Lipinski definition) is 8. The maximum absolute atomic E-state index is 13.1. The molecule has 1 fully saturated rings. The highest BCUT2D eigenvalue weighted by Gasteiger charge is 2.39. The number of ether oxygens (including phenoxy) is 2. The highest BCUT2D eigenvalue weighted by Crippen LogP contribution is 2.36. The maximum Gasteiger partial charge on any atom is 0.244 e. The minimum absolute atomic E-state index is 0.0913. The van der Waals surface area contributed by atoms with E-state index < -0.39 is 22.0 Å². The van der Waals surface area contributed by atoms with Crippen molar-refractivity contribution in [1.82, 2.24) is 9.29 Å². The molecule has 2 N–H and O–H groups in total. The van der Waals surface area contributed by atoms with Crippen molar-refractivity contribution < 1.29 is 27.8 Å². The fourth-order valence-corrected chi connectivity index (χ4v) is 6.22. The molecule has 2 heterocycles. The van der Waals surface area contributed by atoms with E-state index in [1.54, 1.807) is 31.4 Å². The number of nitrogens with zero attached hydrogens (tertiary/aromatic N) is 2. The molecule has 0 radical (unpaired) electrons. The summed E-state index contributed by atoms with van der Waals surface area (Å²) in [5.41, 5.74) is 1.26. The number of aromatic nitrogens is 1. The zero-order valence-corrected chi connectivity index (χ0v) is 19.2. The molecular weight excluding hydrogens is 454 g/mol. The van der Waals surface area contributed by atoms with Crippen molar-refractivity contribution in [3.05, 3.63) is 42.0 Å². The van der Waals surface area contributed by atoms with E-state index in [0.29, 0.717) is 40.6 Å². The first-order valence-electron chi connectivity index (χ1n) is 9.92. The number of rotatable bonds is 7. The standard InChI is InChI=1S/C21H23N3O6S2/c1-29-17-10-15-19(11-18(17)30-2)31-21(22-15)23-20(26)16-4-3-9-24(16)32(27,28)14-7-5-13(12-25)6-8-14/h5-8,10-11,16,25H,3-4,9,12H2,1-2H3,(H,22,23,26)/t16-/m0/s1. The zero-order chi connectivity index (χ0) is 22.9. The summed E-state index contributed by atoms with van der Waals surface area (Å²) in [4.78, 5) is 17.5. The Morgan fingerprint density at radius 1 is 1.22 bits per heavy atom. The van der Waals surface area contributed by atoms with Gasteiger partial charge in [-0.2, -0.15) is 4.31 Å². The summed E-state index contributed by atoms with van der Waals surface area (Å²) in [6.45, 7) is 0.0887. The molecular formula is C21H23N3O6S2. The van der Waals surface area contributed by atoms with E-state index in [-0.39, 0.29) is 18.0 Å². The Hall–Kier alpha value is -2.73. The van der Waals surface area contributed by atoms with Gasteiger partial charge in [-0.3, -0.25) is 4.79 Å². The van der Waals surface area contributed by atoms with Crippen LogP contribution >= 0.6 is 11.3 Å². The Labute approximate surface area is 189 Å². The predicted octanol–water partition coefficient (Wildman–Crippen LogP) is 2.60. The molecule has 4 rings (SSSR count). The van der Waals surface area contributed by atoms with Crippen LogP contribution < -0.4 is 14.8 Å². The van der Waals surface area contributed by atoms with Crippen molar-refractivity contribution in [3.63, 3.8) is 0 Å². The molecule has 1 aliphatic heterocycles. The van der Waals surface area contributed by atoms with Gasteiger partial charge in [0.05, 0.1) is 35.9 Å². The topological polar surface area (TPSA) is 118 Å². The third-order valence-corrected chi connectivity index (χ3v) is 8.20. The Bertz CT molecular complexity index is 1200. The van der Waals surface area contributed by atoms with Crippen molar-refractivity contribution in [2.75, 3.05) is 26.1 Å². The van der Waals surface area contributed by atoms with Crippen LogP contribution in [0.1, 0.15) is 18.4 Å². The molecule has 170 valence electrons. The average molecular weight is 478 g/mol. The van der Waals surface area contributed by atoms with Gasteiger partial charge in [0.1, 0.15) is 6.04 Å². The van der Waals surface area contributed by atoms with Crippen molar-refractivity contribution in [1.29, 1.82) is 0 Å². The largest absolute Gasteiger partial charge is 0.493 e. The SMILES string of the molecule is COc1cc2nc(NC(=O)[C@@H]3CCCN3S(=O)(=O)c3ccc(CO)cc3)sc2cc1OC. The Kier molecular flexibility index (Phi) is 6.33. The lowest BCUT2D eigenvalue weighted by Gasteiger charge is -2.23. The van der Waals surface area contributed by atoms with E-state index in [4.69, 9.17) is 9.47 Å². The molecule has 1 aliphatic rings. The maximum atomic E-state index is 13.1. The van der Waals surface area contributed by atoms with Crippen LogP contribution in [0.5, 0.6) is 11.5 Å². The third kappa shape index (κ3) is 4.16. The molecule has 11 heteroatoms. The van der Waals surface area contributed by atoms with E-state index in [1.165, 1.54) is 34.9 Å². The van der Waals surface area contributed by atoms with Gasteiger partial charge in [0.2, 0.25) is 15.9 Å². The first kappa shape index (κ1) is 22.5. The van der Waals surface area contributed by atoms with Gasteiger partial charge in [0.25, 0.3) is 0 Å². The summed E-state index contributed by atoms with van der Waals surface area (Å²) < 4.78 is 38.9. The second kappa shape index (κ2) is 9.02. The summed E-state index contributed by atoms with van der Waals surface area (Å²) >= 11 is 1.27. The smallest absolute Gasteiger partial charge is 0.244 e. The molecule has 1 saturated heterocycles. The van der Waals surface area contributed by atoms with Crippen molar-refractivity contribution in [2.45, 2.75) is 30.4 Å². The van der Waals surface area contributed by atoms with E-state index in [1.807, 2.05) is 0 Å². The minimum Gasteiger partial charge on any atom is -0.493 e. The van der Waals surface area contributed by atoms with Crippen LogP contribution in [0, 0.1) is 0 Å². The fourth-order valence-electron chi connectivity index (χ4n) is 3.69. The fraction of sp³-hybridized carbons (Fsp3) is 0.333. The van der Waals surface area contributed by atoms with Gasteiger partial charge in [0, 0.05) is 18.7 Å².